The maximum absolute atomic E-state index is 11.3. The average Bonchev–Trinajstić information content (AvgIpc) is 2.86. The maximum Gasteiger partial charge on any atom is 0.313 e. The molecular formula is C10H16N4O2. The second-order valence-electron chi connectivity index (χ2n) is 3.96. The lowest BCUT2D eigenvalue weighted by atomic mass is 10.2. The summed E-state index contributed by atoms with van der Waals surface area (Å²) in [5, 5.41) is 11.5. The Kier molecular flexibility index (Phi) is 3.48. The Morgan fingerprint density at radius 3 is 2.94 bits per heavy atom. The van der Waals surface area contributed by atoms with Gasteiger partial charge in [-0.3, -0.25) is 4.79 Å². The van der Waals surface area contributed by atoms with E-state index in [4.69, 9.17) is 4.74 Å². The van der Waals surface area contributed by atoms with Crippen molar-refractivity contribution in [1.82, 2.24) is 20.2 Å². The Hall–Kier alpha value is -1.46. The molecule has 1 fully saturated rings. The van der Waals surface area contributed by atoms with E-state index in [2.05, 4.69) is 15.5 Å². The van der Waals surface area contributed by atoms with Gasteiger partial charge in [0, 0.05) is 0 Å². The molecule has 1 aromatic heterocycles. The van der Waals surface area contributed by atoms with Crippen LogP contribution in [0.3, 0.4) is 0 Å². The van der Waals surface area contributed by atoms with Crippen LogP contribution < -0.4 is 0 Å². The van der Waals surface area contributed by atoms with Gasteiger partial charge in [-0.15, -0.1) is 5.10 Å². The van der Waals surface area contributed by atoms with Gasteiger partial charge in [0.05, 0.1) is 12.6 Å². The van der Waals surface area contributed by atoms with Gasteiger partial charge in [0.2, 0.25) is 0 Å². The summed E-state index contributed by atoms with van der Waals surface area (Å²) < 4.78 is 6.67. The smallest absolute Gasteiger partial charge is 0.313 e. The van der Waals surface area contributed by atoms with Crippen molar-refractivity contribution in [3.63, 3.8) is 0 Å². The lowest BCUT2D eigenvalue weighted by Gasteiger charge is -2.10. The second-order valence-corrected chi connectivity index (χ2v) is 3.96. The van der Waals surface area contributed by atoms with Gasteiger partial charge in [-0.25, -0.2) is 4.68 Å². The monoisotopic (exact) mass is 224 g/mol. The molecule has 0 bridgehead atoms. The zero-order valence-electron chi connectivity index (χ0n) is 9.43. The minimum Gasteiger partial charge on any atom is -0.466 e. The number of hydrogen-bond acceptors (Lipinski definition) is 5. The van der Waals surface area contributed by atoms with Crippen LogP contribution in [0.1, 0.15) is 44.5 Å². The number of esters is 1. The van der Waals surface area contributed by atoms with Crippen molar-refractivity contribution in [2.45, 2.75) is 45.1 Å². The highest BCUT2D eigenvalue weighted by molar-refractivity contribution is 5.71. The first-order valence-corrected chi connectivity index (χ1v) is 5.73. The summed E-state index contributed by atoms with van der Waals surface area (Å²) in [5.74, 6) is 0.349. The van der Waals surface area contributed by atoms with E-state index >= 15 is 0 Å². The molecule has 0 unspecified atom stereocenters. The first-order valence-electron chi connectivity index (χ1n) is 5.73. The predicted molar refractivity (Wildman–Crippen MR) is 55.7 cm³/mol. The molecule has 16 heavy (non-hydrogen) atoms. The van der Waals surface area contributed by atoms with Crippen molar-refractivity contribution in [2.75, 3.05) is 6.61 Å². The van der Waals surface area contributed by atoms with Crippen LogP contribution in [0.15, 0.2) is 0 Å². The first kappa shape index (κ1) is 11.0. The average molecular weight is 224 g/mol. The van der Waals surface area contributed by atoms with Gasteiger partial charge >= 0.3 is 5.97 Å². The molecule has 6 heteroatoms. The largest absolute Gasteiger partial charge is 0.466 e. The molecule has 88 valence electrons. The van der Waals surface area contributed by atoms with Crippen molar-refractivity contribution in [3.8, 4) is 0 Å². The SMILES string of the molecule is CCOC(=O)Cc1nnnn1C1CCCC1. The highest BCUT2D eigenvalue weighted by atomic mass is 16.5. The van der Waals surface area contributed by atoms with Crippen LogP contribution in [0.25, 0.3) is 0 Å². The number of rotatable bonds is 4. The molecule has 0 aromatic carbocycles. The third kappa shape index (κ3) is 2.37. The molecular weight excluding hydrogens is 208 g/mol. The standard InChI is InChI=1S/C10H16N4O2/c1-2-16-10(15)7-9-11-12-13-14(9)8-5-3-4-6-8/h8H,2-7H2,1H3. The van der Waals surface area contributed by atoms with E-state index in [0.29, 0.717) is 18.5 Å². The zero-order valence-corrected chi connectivity index (χ0v) is 9.43. The van der Waals surface area contributed by atoms with Crippen LogP contribution in [-0.4, -0.2) is 32.8 Å². The van der Waals surface area contributed by atoms with E-state index in [1.807, 2.05) is 0 Å². The molecule has 1 aliphatic carbocycles. The van der Waals surface area contributed by atoms with Gasteiger partial charge in [0.25, 0.3) is 0 Å². The molecule has 0 N–H and O–H groups in total. The number of aromatic nitrogens is 4. The van der Waals surface area contributed by atoms with E-state index in [0.717, 1.165) is 12.8 Å². The van der Waals surface area contributed by atoms with Gasteiger partial charge < -0.3 is 4.74 Å². The van der Waals surface area contributed by atoms with Crippen molar-refractivity contribution in [1.29, 1.82) is 0 Å². The van der Waals surface area contributed by atoms with Gasteiger partial charge in [-0.1, -0.05) is 12.8 Å². The minimum absolute atomic E-state index is 0.164. The molecule has 6 nitrogen and oxygen atoms in total. The lowest BCUT2D eigenvalue weighted by Crippen LogP contribution is -2.16. The molecule has 1 heterocycles. The molecule has 0 atom stereocenters. The van der Waals surface area contributed by atoms with Gasteiger partial charge in [0.15, 0.2) is 5.82 Å². The number of carbonyl (C=O) groups is 1. The summed E-state index contributed by atoms with van der Waals surface area (Å²) in [6.45, 7) is 2.18. The fraction of sp³-hybridized carbons (Fsp3) is 0.800. The van der Waals surface area contributed by atoms with Crippen LogP contribution in [0.4, 0.5) is 0 Å². The fourth-order valence-electron chi connectivity index (χ4n) is 2.10. The Labute approximate surface area is 94.0 Å². The Balaban J connectivity index is 2.03. The van der Waals surface area contributed by atoms with Gasteiger partial charge in [0.1, 0.15) is 6.42 Å². The quantitative estimate of drug-likeness (QED) is 0.710. The first-order chi connectivity index (χ1) is 7.81. The summed E-state index contributed by atoms with van der Waals surface area (Å²) in [6.07, 6.45) is 4.78. The summed E-state index contributed by atoms with van der Waals surface area (Å²) in [5.41, 5.74) is 0. The third-order valence-electron chi connectivity index (χ3n) is 2.84. The van der Waals surface area contributed by atoms with Crippen molar-refractivity contribution in [2.24, 2.45) is 0 Å². The van der Waals surface area contributed by atoms with Crippen molar-refractivity contribution < 1.29 is 9.53 Å². The summed E-state index contributed by atoms with van der Waals surface area (Å²) >= 11 is 0. The minimum atomic E-state index is -0.267. The van der Waals surface area contributed by atoms with E-state index in [1.165, 1.54) is 12.8 Å². The number of ether oxygens (including phenoxy) is 1. The number of tetrazole rings is 1. The Morgan fingerprint density at radius 1 is 1.50 bits per heavy atom. The molecule has 0 radical (unpaired) electrons. The topological polar surface area (TPSA) is 69.9 Å². The molecule has 0 aliphatic heterocycles. The van der Waals surface area contributed by atoms with Crippen molar-refractivity contribution >= 4 is 5.97 Å². The van der Waals surface area contributed by atoms with Crippen LogP contribution in [0.2, 0.25) is 0 Å². The maximum atomic E-state index is 11.3. The fourth-order valence-corrected chi connectivity index (χ4v) is 2.10. The van der Waals surface area contributed by atoms with E-state index < -0.39 is 0 Å². The molecule has 1 aromatic rings. The normalized spacial score (nSPS) is 16.6. The Bertz CT molecular complexity index is 357. The molecule has 0 amide bonds. The summed E-state index contributed by atoms with van der Waals surface area (Å²) in [6, 6.07) is 0.361. The van der Waals surface area contributed by atoms with Crippen molar-refractivity contribution in [3.05, 3.63) is 5.82 Å². The highest BCUT2D eigenvalue weighted by Crippen LogP contribution is 2.29. The number of nitrogens with zero attached hydrogens (tertiary/aromatic N) is 4. The van der Waals surface area contributed by atoms with Crippen LogP contribution in [0, 0.1) is 0 Å². The Morgan fingerprint density at radius 2 is 2.25 bits per heavy atom. The number of hydrogen-bond donors (Lipinski definition) is 0. The highest BCUT2D eigenvalue weighted by Gasteiger charge is 2.22. The van der Waals surface area contributed by atoms with Gasteiger partial charge in [-0.05, 0) is 30.2 Å². The van der Waals surface area contributed by atoms with E-state index in [9.17, 15) is 4.79 Å². The lowest BCUT2D eigenvalue weighted by molar-refractivity contribution is -0.142. The zero-order chi connectivity index (χ0) is 11.4. The van der Waals surface area contributed by atoms with E-state index in [-0.39, 0.29) is 12.4 Å². The second kappa shape index (κ2) is 5.05. The number of carbonyl (C=O) groups excluding carboxylic acids is 1. The van der Waals surface area contributed by atoms with Gasteiger partial charge in [-0.2, -0.15) is 0 Å². The molecule has 1 aliphatic rings. The predicted octanol–water partition coefficient (Wildman–Crippen LogP) is 0.894. The third-order valence-corrected chi connectivity index (χ3v) is 2.84. The molecule has 0 saturated heterocycles. The van der Waals surface area contributed by atoms with Crippen LogP contribution in [0.5, 0.6) is 0 Å². The van der Waals surface area contributed by atoms with Crippen LogP contribution >= 0.6 is 0 Å². The molecule has 2 rings (SSSR count). The summed E-state index contributed by atoms with van der Waals surface area (Å²) in [4.78, 5) is 11.3. The van der Waals surface area contributed by atoms with Crippen LogP contribution in [-0.2, 0) is 16.0 Å². The molecule has 1 saturated carbocycles. The van der Waals surface area contributed by atoms with E-state index in [1.54, 1.807) is 11.6 Å². The summed E-state index contributed by atoms with van der Waals surface area (Å²) in [7, 11) is 0. The molecule has 0 spiro atoms.